The van der Waals surface area contributed by atoms with Crippen molar-refractivity contribution < 1.29 is 0 Å². The van der Waals surface area contributed by atoms with Gasteiger partial charge in [0.05, 0.1) is 0 Å². The number of benzene rings is 2. The van der Waals surface area contributed by atoms with Gasteiger partial charge in [0.2, 0.25) is 0 Å². The molecule has 2 atom stereocenters. The molecule has 0 radical (unpaired) electrons. The van der Waals surface area contributed by atoms with Gasteiger partial charge in [-0.05, 0) is 43.4 Å². The van der Waals surface area contributed by atoms with Gasteiger partial charge in [-0.2, -0.15) is 0 Å². The van der Waals surface area contributed by atoms with Gasteiger partial charge < -0.3 is 5.32 Å². The first-order valence-corrected chi connectivity index (χ1v) is 7.56. The van der Waals surface area contributed by atoms with Crippen LogP contribution < -0.4 is 5.32 Å². The summed E-state index contributed by atoms with van der Waals surface area (Å²) in [6, 6.07) is 20.3. The Hall–Kier alpha value is -1.60. The van der Waals surface area contributed by atoms with Crippen LogP contribution in [0.5, 0.6) is 0 Å². The van der Waals surface area contributed by atoms with E-state index >= 15 is 0 Å². The third kappa shape index (κ3) is 3.94. The molecule has 0 saturated heterocycles. The Labute approximate surface area is 123 Å². The van der Waals surface area contributed by atoms with Crippen LogP contribution in [0, 0.1) is 6.92 Å². The fourth-order valence-corrected chi connectivity index (χ4v) is 2.74. The topological polar surface area (TPSA) is 12.0 Å². The summed E-state index contributed by atoms with van der Waals surface area (Å²) >= 11 is 0. The Kier molecular flexibility index (Phi) is 5.37. The van der Waals surface area contributed by atoms with E-state index in [1.165, 1.54) is 16.7 Å². The molecule has 0 amide bonds. The van der Waals surface area contributed by atoms with Gasteiger partial charge in [0.15, 0.2) is 0 Å². The number of hydrogen-bond acceptors (Lipinski definition) is 1. The van der Waals surface area contributed by atoms with Crippen molar-refractivity contribution >= 4 is 0 Å². The molecule has 0 spiro atoms. The lowest BCUT2D eigenvalue weighted by Gasteiger charge is -2.24. The van der Waals surface area contributed by atoms with Gasteiger partial charge in [0.1, 0.15) is 0 Å². The van der Waals surface area contributed by atoms with E-state index in [1.807, 2.05) is 0 Å². The SMILES string of the molecule is CCC(Cc1ccccc1)N[C@H](C)c1ccccc1C. The van der Waals surface area contributed by atoms with E-state index in [-0.39, 0.29) is 0 Å². The molecular formula is C19H25N. The fraction of sp³-hybridized carbons (Fsp3) is 0.368. The molecule has 0 fully saturated rings. The predicted octanol–water partition coefficient (Wildman–Crippen LogP) is 4.67. The summed E-state index contributed by atoms with van der Waals surface area (Å²) in [5, 5.41) is 3.77. The van der Waals surface area contributed by atoms with Crippen LogP contribution in [-0.2, 0) is 6.42 Å². The Morgan fingerprint density at radius 1 is 0.950 bits per heavy atom. The number of nitrogens with one attached hydrogen (secondary N) is 1. The molecule has 1 nitrogen and oxygen atoms in total. The van der Waals surface area contributed by atoms with Crippen LogP contribution in [0.4, 0.5) is 0 Å². The van der Waals surface area contributed by atoms with Gasteiger partial charge in [-0.25, -0.2) is 0 Å². The van der Waals surface area contributed by atoms with E-state index in [0.717, 1.165) is 12.8 Å². The second kappa shape index (κ2) is 7.25. The van der Waals surface area contributed by atoms with Crippen molar-refractivity contribution in [1.82, 2.24) is 5.32 Å². The maximum absolute atomic E-state index is 3.77. The lowest BCUT2D eigenvalue weighted by atomic mass is 9.99. The molecule has 106 valence electrons. The van der Waals surface area contributed by atoms with E-state index < -0.39 is 0 Å². The first-order valence-electron chi connectivity index (χ1n) is 7.56. The highest BCUT2D eigenvalue weighted by Gasteiger charge is 2.13. The van der Waals surface area contributed by atoms with Gasteiger partial charge in [-0.3, -0.25) is 0 Å². The standard InChI is InChI=1S/C19H25N/c1-4-18(14-17-11-6-5-7-12-17)20-16(3)19-13-9-8-10-15(19)2/h5-13,16,18,20H,4,14H2,1-3H3/t16-,18?/m1/s1. The normalized spacial score (nSPS) is 13.9. The molecule has 0 aromatic heterocycles. The third-order valence-electron chi connectivity index (χ3n) is 3.96. The number of rotatable bonds is 6. The molecule has 20 heavy (non-hydrogen) atoms. The molecule has 0 heterocycles. The molecule has 1 unspecified atom stereocenters. The molecule has 1 N–H and O–H groups in total. The molecule has 1 heteroatoms. The van der Waals surface area contributed by atoms with Crippen molar-refractivity contribution in [2.75, 3.05) is 0 Å². The van der Waals surface area contributed by atoms with Gasteiger partial charge in [0.25, 0.3) is 0 Å². The van der Waals surface area contributed by atoms with Gasteiger partial charge in [0, 0.05) is 12.1 Å². The smallest absolute Gasteiger partial charge is 0.0297 e. The fourth-order valence-electron chi connectivity index (χ4n) is 2.74. The Balaban J connectivity index is 2.01. The summed E-state index contributed by atoms with van der Waals surface area (Å²) in [6.07, 6.45) is 2.23. The van der Waals surface area contributed by atoms with Crippen molar-refractivity contribution in [2.45, 2.75) is 45.7 Å². The zero-order chi connectivity index (χ0) is 14.4. The lowest BCUT2D eigenvalue weighted by molar-refractivity contribution is 0.439. The Morgan fingerprint density at radius 3 is 2.25 bits per heavy atom. The number of aryl methyl sites for hydroxylation is 1. The maximum Gasteiger partial charge on any atom is 0.0297 e. The summed E-state index contributed by atoms with van der Waals surface area (Å²) in [5.41, 5.74) is 4.17. The molecule has 2 aromatic carbocycles. The monoisotopic (exact) mass is 267 g/mol. The first kappa shape index (κ1) is 14.8. The largest absolute Gasteiger partial charge is 0.307 e. The third-order valence-corrected chi connectivity index (χ3v) is 3.96. The summed E-state index contributed by atoms with van der Waals surface area (Å²) in [7, 11) is 0. The van der Waals surface area contributed by atoms with E-state index in [9.17, 15) is 0 Å². The van der Waals surface area contributed by atoms with Crippen molar-refractivity contribution in [2.24, 2.45) is 0 Å². The van der Waals surface area contributed by atoms with Crippen molar-refractivity contribution in [3.05, 3.63) is 71.3 Å². The average molecular weight is 267 g/mol. The summed E-state index contributed by atoms with van der Waals surface area (Å²) < 4.78 is 0. The van der Waals surface area contributed by atoms with Crippen molar-refractivity contribution in [3.8, 4) is 0 Å². The van der Waals surface area contributed by atoms with Crippen LogP contribution in [0.25, 0.3) is 0 Å². The maximum atomic E-state index is 3.77. The number of hydrogen-bond donors (Lipinski definition) is 1. The second-order valence-electron chi connectivity index (χ2n) is 5.54. The minimum absolute atomic E-state index is 0.393. The predicted molar refractivity (Wildman–Crippen MR) is 87.0 cm³/mol. The summed E-state index contributed by atoms with van der Waals surface area (Å²) in [6.45, 7) is 6.70. The molecular weight excluding hydrogens is 242 g/mol. The molecule has 0 aliphatic heterocycles. The highest BCUT2D eigenvalue weighted by Crippen LogP contribution is 2.18. The van der Waals surface area contributed by atoms with Crippen LogP contribution in [0.1, 0.15) is 43.0 Å². The van der Waals surface area contributed by atoms with E-state index in [1.54, 1.807) is 0 Å². The molecule has 2 rings (SSSR count). The minimum Gasteiger partial charge on any atom is -0.307 e. The Bertz CT molecular complexity index is 518. The molecule has 0 bridgehead atoms. The zero-order valence-corrected chi connectivity index (χ0v) is 12.8. The zero-order valence-electron chi connectivity index (χ0n) is 12.8. The average Bonchev–Trinajstić information content (AvgIpc) is 2.48. The van der Waals surface area contributed by atoms with E-state index in [4.69, 9.17) is 0 Å². The molecule has 2 aromatic rings. The van der Waals surface area contributed by atoms with Crippen LogP contribution in [0.15, 0.2) is 54.6 Å². The van der Waals surface area contributed by atoms with E-state index in [0.29, 0.717) is 12.1 Å². The summed E-state index contributed by atoms with van der Waals surface area (Å²) in [5.74, 6) is 0. The van der Waals surface area contributed by atoms with Crippen LogP contribution in [0.3, 0.4) is 0 Å². The lowest BCUT2D eigenvalue weighted by Crippen LogP contribution is -2.33. The quantitative estimate of drug-likeness (QED) is 0.802. The van der Waals surface area contributed by atoms with Gasteiger partial charge in [-0.15, -0.1) is 0 Å². The van der Waals surface area contributed by atoms with Crippen LogP contribution in [-0.4, -0.2) is 6.04 Å². The Morgan fingerprint density at radius 2 is 1.60 bits per heavy atom. The molecule has 0 aliphatic rings. The van der Waals surface area contributed by atoms with Gasteiger partial charge in [-0.1, -0.05) is 61.5 Å². The highest BCUT2D eigenvalue weighted by atomic mass is 14.9. The highest BCUT2D eigenvalue weighted by molar-refractivity contribution is 5.28. The van der Waals surface area contributed by atoms with Crippen LogP contribution in [0.2, 0.25) is 0 Å². The van der Waals surface area contributed by atoms with Crippen LogP contribution >= 0.6 is 0 Å². The first-order chi connectivity index (χ1) is 9.70. The van der Waals surface area contributed by atoms with E-state index in [2.05, 4.69) is 80.7 Å². The second-order valence-corrected chi connectivity index (χ2v) is 5.54. The van der Waals surface area contributed by atoms with Crippen molar-refractivity contribution in [1.29, 1.82) is 0 Å². The van der Waals surface area contributed by atoms with Crippen molar-refractivity contribution in [3.63, 3.8) is 0 Å². The molecule has 0 saturated carbocycles. The summed E-state index contributed by atoms with van der Waals surface area (Å²) in [4.78, 5) is 0. The minimum atomic E-state index is 0.393. The molecule has 0 aliphatic carbocycles. The van der Waals surface area contributed by atoms with Gasteiger partial charge >= 0.3 is 0 Å².